The van der Waals surface area contributed by atoms with Gasteiger partial charge in [-0.25, -0.2) is 9.41 Å². The maximum atomic E-state index is 7.51. The average Bonchev–Trinajstić information content (AvgIpc) is 2.90. The van der Waals surface area contributed by atoms with Crippen molar-refractivity contribution < 1.29 is 8.98 Å². The van der Waals surface area contributed by atoms with Crippen molar-refractivity contribution in [2.24, 2.45) is 7.05 Å². The van der Waals surface area contributed by atoms with Crippen molar-refractivity contribution in [2.45, 2.75) is 13.8 Å². The van der Waals surface area contributed by atoms with E-state index in [0.29, 0.717) is 5.69 Å². The van der Waals surface area contributed by atoms with Crippen molar-refractivity contribution >= 4 is 27.6 Å². The van der Waals surface area contributed by atoms with Crippen LogP contribution in [-0.2, 0) is 7.05 Å². The summed E-state index contributed by atoms with van der Waals surface area (Å²) < 4.78 is 8.14. The predicted octanol–water partition coefficient (Wildman–Crippen LogP) is 5.25. The van der Waals surface area contributed by atoms with Crippen LogP contribution < -0.4 is 4.57 Å². The van der Waals surface area contributed by atoms with Crippen molar-refractivity contribution in [3.63, 3.8) is 0 Å². The molecule has 0 spiro atoms. The molecular formula is C21H17N2O+. The number of furan rings is 1. The summed E-state index contributed by atoms with van der Waals surface area (Å²) in [6, 6.07) is 14.3. The number of aromatic nitrogens is 1. The van der Waals surface area contributed by atoms with E-state index in [1.807, 2.05) is 44.4 Å². The molecule has 0 saturated heterocycles. The zero-order valence-electron chi connectivity index (χ0n) is 13.9. The van der Waals surface area contributed by atoms with E-state index in [1.165, 1.54) is 0 Å². The van der Waals surface area contributed by atoms with E-state index < -0.39 is 0 Å². The Kier molecular flexibility index (Phi) is 3.14. The molecule has 2 aromatic carbocycles. The van der Waals surface area contributed by atoms with E-state index in [2.05, 4.69) is 34.5 Å². The Bertz CT molecular complexity index is 1150. The third kappa shape index (κ3) is 2.08. The Hall–Kier alpha value is -3.12. The quantitative estimate of drug-likeness (QED) is 0.347. The Balaban J connectivity index is 2.12. The first kappa shape index (κ1) is 14.5. The third-order valence-electron chi connectivity index (χ3n) is 4.49. The molecule has 0 aliphatic heterocycles. The summed E-state index contributed by atoms with van der Waals surface area (Å²) in [5.41, 5.74) is 6.76. The Morgan fingerprint density at radius 1 is 1.04 bits per heavy atom. The van der Waals surface area contributed by atoms with E-state index in [9.17, 15) is 0 Å². The molecule has 3 nitrogen and oxygen atoms in total. The fourth-order valence-electron chi connectivity index (χ4n) is 3.33. The summed E-state index contributed by atoms with van der Waals surface area (Å²) in [5.74, 6) is 0. The fraction of sp³-hybridized carbons (Fsp3) is 0.143. The second-order valence-electron chi connectivity index (χ2n) is 6.23. The number of nitrogens with zero attached hydrogens (tertiary/aromatic N) is 2. The second kappa shape index (κ2) is 5.21. The molecule has 24 heavy (non-hydrogen) atoms. The zero-order chi connectivity index (χ0) is 16.8. The number of fused-ring (bicyclic) bond motifs is 3. The van der Waals surface area contributed by atoms with Gasteiger partial charge in [0.2, 0.25) is 5.69 Å². The molecule has 4 aromatic rings. The lowest BCUT2D eigenvalue weighted by Crippen LogP contribution is -2.30. The molecule has 0 bridgehead atoms. The Labute approximate surface area is 140 Å². The van der Waals surface area contributed by atoms with Gasteiger partial charge in [0.1, 0.15) is 18.2 Å². The highest BCUT2D eigenvalue weighted by Gasteiger charge is 2.17. The molecule has 116 valence electrons. The lowest BCUT2D eigenvalue weighted by Gasteiger charge is -2.04. The minimum atomic E-state index is 0.649. The Morgan fingerprint density at radius 2 is 1.88 bits per heavy atom. The van der Waals surface area contributed by atoms with Crippen molar-refractivity contribution in [2.75, 3.05) is 0 Å². The first-order chi connectivity index (χ1) is 11.6. The average molecular weight is 313 g/mol. The zero-order valence-corrected chi connectivity index (χ0v) is 13.9. The molecule has 0 N–H and O–H groups in total. The molecule has 0 unspecified atom stereocenters. The van der Waals surface area contributed by atoms with Gasteiger partial charge in [-0.05, 0) is 43.7 Å². The number of aryl methyl sites for hydroxylation is 3. The minimum Gasteiger partial charge on any atom is -0.457 e. The lowest BCUT2D eigenvalue weighted by molar-refractivity contribution is -0.660. The monoisotopic (exact) mass is 313 g/mol. The predicted molar refractivity (Wildman–Crippen MR) is 96.1 cm³/mol. The highest BCUT2D eigenvalue weighted by molar-refractivity contribution is 6.13. The van der Waals surface area contributed by atoms with Gasteiger partial charge in [0.25, 0.3) is 0 Å². The van der Waals surface area contributed by atoms with Crippen LogP contribution in [-0.4, -0.2) is 0 Å². The maximum absolute atomic E-state index is 7.51. The minimum absolute atomic E-state index is 0.649. The third-order valence-corrected chi connectivity index (χ3v) is 4.49. The molecule has 0 radical (unpaired) electrons. The van der Waals surface area contributed by atoms with E-state index in [-0.39, 0.29) is 0 Å². The summed E-state index contributed by atoms with van der Waals surface area (Å²) in [5, 5.41) is 1.91. The SMILES string of the molecule is [C-]#[N+]c1cc(C)cc2oc3cc(C)c(-c4cccc[n+]4C)cc3c12. The number of benzene rings is 2. The highest BCUT2D eigenvalue weighted by Crippen LogP contribution is 2.39. The van der Waals surface area contributed by atoms with Crippen LogP contribution in [0.2, 0.25) is 0 Å². The van der Waals surface area contributed by atoms with E-state index in [1.54, 1.807) is 0 Å². The smallest absolute Gasteiger partial charge is 0.212 e. The molecule has 0 aliphatic rings. The van der Waals surface area contributed by atoms with E-state index >= 15 is 0 Å². The van der Waals surface area contributed by atoms with Crippen LogP contribution in [0.3, 0.4) is 0 Å². The van der Waals surface area contributed by atoms with E-state index in [0.717, 1.165) is 44.3 Å². The van der Waals surface area contributed by atoms with Crippen LogP contribution in [0.5, 0.6) is 0 Å². The van der Waals surface area contributed by atoms with Crippen LogP contribution in [0, 0.1) is 20.4 Å². The fourth-order valence-corrected chi connectivity index (χ4v) is 3.33. The lowest BCUT2D eigenvalue weighted by atomic mass is 10.00. The molecule has 0 fully saturated rings. The first-order valence-corrected chi connectivity index (χ1v) is 7.88. The maximum Gasteiger partial charge on any atom is 0.212 e. The van der Waals surface area contributed by atoms with Gasteiger partial charge in [-0.3, -0.25) is 0 Å². The van der Waals surface area contributed by atoms with Gasteiger partial charge in [-0.1, -0.05) is 11.6 Å². The molecule has 3 heteroatoms. The van der Waals surface area contributed by atoms with E-state index in [4.69, 9.17) is 11.0 Å². The van der Waals surface area contributed by atoms with Gasteiger partial charge in [0.05, 0.1) is 6.57 Å². The van der Waals surface area contributed by atoms with Gasteiger partial charge in [0, 0.05) is 28.5 Å². The van der Waals surface area contributed by atoms with Gasteiger partial charge in [0.15, 0.2) is 11.9 Å². The number of pyridine rings is 1. The normalized spacial score (nSPS) is 11.1. The van der Waals surface area contributed by atoms with Crippen LogP contribution in [0.15, 0.2) is 53.1 Å². The van der Waals surface area contributed by atoms with Crippen LogP contribution >= 0.6 is 0 Å². The van der Waals surface area contributed by atoms with Crippen molar-refractivity contribution in [3.8, 4) is 11.3 Å². The summed E-state index contributed by atoms with van der Waals surface area (Å²) in [4.78, 5) is 3.71. The molecule has 0 aliphatic carbocycles. The summed E-state index contributed by atoms with van der Waals surface area (Å²) in [7, 11) is 2.04. The highest BCUT2D eigenvalue weighted by atomic mass is 16.3. The van der Waals surface area contributed by atoms with Gasteiger partial charge >= 0.3 is 0 Å². The topological polar surface area (TPSA) is 21.4 Å². The first-order valence-electron chi connectivity index (χ1n) is 7.88. The summed E-state index contributed by atoms with van der Waals surface area (Å²) in [6.45, 7) is 11.6. The molecular weight excluding hydrogens is 296 g/mol. The molecule has 2 heterocycles. The molecule has 0 saturated carbocycles. The van der Waals surface area contributed by atoms with Crippen LogP contribution in [0.4, 0.5) is 5.69 Å². The van der Waals surface area contributed by atoms with Crippen LogP contribution in [0.1, 0.15) is 11.1 Å². The number of rotatable bonds is 1. The van der Waals surface area contributed by atoms with Gasteiger partial charge < -0.3 is 4.42 Å². The Morgan fingerprint density at radius 3 is 2.62 bits per heavy atom. The van der Waals surface area contributed by atoms with Gasteiger partial charge in [-0.2, -0.15) is 0 Å². The van der Waals surface area contributed by atoms with Crippen LogP contribution in [0.25, 0.3) is 38.0 Å². The molecule has 4 rings (SSSR count). The second-order valence-corrected chi connectivity index (χ2v) is 6.23. The summed E-state index contributed by atoms with van der Waals surface area (Å²) in [6.07, 6.45) is 2.04. The molecule has 0 atom stereocenters. The molecule has 0 amide bonds. The number of hydrogen-bond acceptors (Lipinski definition) is 1. The van der Waals surface area contributed by atoms with Crippen molar-refractivity contribution in [3.05, 3.63) is 71.2 Å². The van der Waals surface area contributed by atoms with Crippen molar-refractivity contribution in [1.29, 1.82) is 0 Å². The summed E-state index contributed by atoms with van der Waals surface area (Å²) >= 11 is 0. The molecule has 2 aromatic heterocycles. The van der Waals surface area contributed by atoms with Gasteiger partial charge in [-0.15, -0.1) is 0 Å². The standard InChI is InChI=1S/C21H17N2O/c1-13-9-17(22-3)21-16-12-15(18-7-5-6-8-23(18)4)14(2)11-19(16)24-20(21)10-13/h5-12H,1-2,4H3/q+1. The number of hydrogen-bond donors (Lipinski definition) is 0. The largest absolute Gasteiger partial charge is 0.457 e. The van der Waals surface area contributed by atoms with Crippen molar-refractivity contribution in [1.82, 2.24) is 0 Å².